The standard InChI is InChI=1S/C14H23BN3O2/c1-13(2,19)14(3,4)20-15-11-5-7-12(8-6-11)18-10-17-9-16/h5,7-11,19H,6H2,1-4H3,(H2,16,17,18). The highest BCUT2D eigenvalue weighted by Crippen LogP contribution is 2.28. The van der Waals surface area contributed by atoms with Crippen LogP contribution in [-0.4, -0.2) is 36.5 Å². The Morgan fingerprint density at radius 3 is 2.65 bits per heavy atom. The molecule has 1 unspecified atom stereocenters. The number of nitrogens with zero attached hydrogens (tertiary/aromatic N) is 2. The summed E-state index contributed by atoms with van der Waals surface area (Å²) in [6.07, 6.45) is 9.34. The van der Waals surface area contributed by atoms with E-state index in [1.54, 1.807) is 21.3 Å². The Morgan fingerprint density at radius 1 is 1.45 bits per heavy atom. The van der Waals surface area contributed by atoms with Gasteiger partial charge in [-0.05, 0) is 46.0 Å². The third-order valence-electron chi connectivity index (χ3n) is 3.48. The molecule has 1 aliphatic carbocycles. The van der Waals surface area contributed by atoms with Crippen molar-refractivity contribution in [3.8, 4) is 0 Å². The SMILES string of the molecule is CC(C)(O)C(C)(C)O[B]C1C=CC(N=CN=CN)=CC1. The molecule has 0 saturated heterocycles. The predicted octanol–water partition coefficient (Wildman–Crippen LogP) is 1.82. The van der Waals surface area contributed by atoms with E-state index >= 15 is 0 Å². The Morgan fingerprint density at radius 2 is 2.15 bits per heavy atom. The Bertz CT molecular complexity index is 434. The van der Waals surface area contributed by atoms with Crippen LogP contribution in [0, 0.1) is 0 Å². The van der Waals surface area contributed by atoms with Gasteiger partial charge in [-0.2, -0.15) is 0 Å². The Balaban J connectivity index is 2.46. The monoisotopic (exact) mass is 276 g/mol. The fourth-order valence-corrected chi connectivity index (χ4v) is 1.36. The first-order chi connectivity index (χ1) is 9.26. The summed E-state index contributed by atoms with van der Waals surface area (Å²) in [5.41, 5.74) is 4.42. The zero-order chi connectivity index (χ0) is 15.2. The highest BCUT2D eigenvalue weighted by molar-refractivity contribution is 6.30. The van der Waals surface area contributed by atoms with E-state index in [2.05, 4.69) is 9.98 Å². The lowest BCUT2D eigenvalue weighted by molar-refractivity contribution is -0.0907. The first kappa shape index (κ1) is 16.7. The van der Waals surface area contributed by atoms with Gasteiger partial charge in [0.2, 0.25) is 0 Å². The van der Waals surface area contributed by atoms with Gasteiger partial charge in [-0.15, -0.1) is 0 Å². The third kappa shape index (κ3) is 4.94. The Hall–Kier alpha value is -1.40. The molecular weight excluding hydrogens is 253 g/mol. The van der Waals surface area contributed by atoms with Gasteiger partial charge in [0.1, 0.15) is 6.34 Å². The Labute approximate surface area is 121 Å². The predicted molar refractivity (Wildman–Crippen MR) is 84.0 cm³/mol. The minimum atomic E-state index is -0.909. The molecule has 0 aromatic rings. The fraction of sp³-hybridized carbons (Fsp3) is 0.571. The maximum atomic E-state index is 10.0. The van der Waals surface area contributed by atoms with E-state index in [0.717, 1.165) is 12.1 Å². The second kappa shape index (κ2) is 6.86. The molecular formula is C14H23BN3O2. The van der Waals surface area contributed by atoms with Gasteiger partial charge in [-0.3, -0.25) is 0 Å². The molecule has 0 aromatic carbocycles. The molecule has 3 N–H and O–H groups in total. The lowest BCUT2D eigenvalue weighted by atomic mass is 9.74. The van der Waals surface area contributed by atoms with Crippen LogP contribution in [0.4, 0.5) is 0 Å². The topological polar surface area (TPSA) is 80.2 Å². The first-order valence-electron chi connectivity index (χ1n) is 6.64. The molecule has 1 aliphatic rings. The van der Waals surface area contributed by atoms with Crippen LogP contribution < -0.4 is 5.73 Å². The molecule has 5 nitrogen and oxygen atoms in total. The maximum Gasteiger partial charge on any atom is 0.301 e. The minimum Gasteiger partial charge on any atom is -0.432 e. The number of nitrogens with two attached hydrogens (primary N) is 1. The quantitative estimate of drug-likeness (QED) is 0.441. The van der Waals surface area contributed by atoms with Gasteiger partial charge in [0.15, 0.2) is 0 Å². The summed E-state index contributed by atoms with van der Waals surface area (Å²) < 4.78 is 5.73. The van der Waals surface area contributed by atoms with E-state index in [9.17, 15) is 5.11 Å². The summed E-state index contributed by atoms with van der Waals surface area (Å²) in [4.78, 5) is 7.84. The Kier molecular flexibility index (Phi) is 5.71. The lowest BCUT2D eigenvalue weighted by Crippen LogP contribution is -2.48. The van der Waals surface area contributed by atoms with Crippen molar-refractivity contribution >= 4 is 20.2 Å². The molecule has 0 aromatic heterocycles. The number of aliphatic hydroxyl groups is 1. The smallest absolute Gasteiger partial charge is 0.301 e. The van der Waals surface area contributed by atoms with Crippen LogP contribution in [0.3, 0.4) is 0 Å². The fourth-order valence-electron chi connectivity index (χ4n) is 1.36. The molecule has 0 bridgehead atoms. The molecule has 1 rings (SSSR count). The number of aliphatic imine (C=N–C) groups is 2. The summed E-state index contributed by atoms with van der Waals surface area (Å²) in [5.74, 6) is 0.175. The second-order valence-electron chi connectivity index (χ2n) is 5.75. The maximum absolute atomic E-state index is 10.0. The van der Waals surface area contributed by atoms with Crippen LogP contribution in [0.2, 0.25) is 5.82 Å². The second-order valence-corrected chi connectivity index (χ2v) is 5.75. The highest BCUT2D eigenvalue weighted by Gasteiger charge is 2.36. The van der Waals surface area contributed by atoms with Crippen molar-refractivity contribution in [2.24, 2.45) is 15.7 Å². The molecule has 20 heavy (non-hydrogen) atoms. The molecule has 109 valence electrons. The lowest BCUT2D eigenvalue weighted by Gasteiger charge is -2.38. The molecule has 0 heterocycles. The van der Waals surface area contributed by atoms with E-state index in [1.165, 1.54) is 12.7 Å². The van der Waals surface area contributed by atoms with E-state index in [0.29, 0.717) is 0 Å². The minimum absolute atomic E-state index is 0.175. The summed E-state index contributed by atoms with van der Waals surface area (Å²) in [7, 11) is 1.77. The molecule has 0 amide bonds. The van der Waals surface area contributed by atoms with Gasteiger partial charge < -0.3 is 15.5 Å². The molecule has 6 heteroatoms. The van der Waals surface area contributed by atoms with E-state index in [-0.39, 0.29) is 5.82 Å². The van der Waals surface area contributed by atoms with Crippen molar-refractivity contribution in [3.05, 3.63) is 23.9 Å². The van der Waals surface area contributed by atoms with Crippen molar-refractivity contribution in [2.75, 3.05) is 0 Å². The van der Waals surface area contributed by atoms with Gasteiger partial charge in [-0.25, -0.2) is 9.98 Å². The zero-order valence-electron chi connectivity index (χ0n) is 12.6. The van der Waals surface area contributed by atoms with Crippen molar-refractivity contribution in [1.82, 2.24) is 0 Å². The third-order valence-corrected chi connectivity index (χ3v) is 3.48. The van der Waals surface area contributed by atoms with Crippen molar-refractivity contribution in [3.63, 3.8) is 0 Å². The highest BCUT2D eigenvalue weighted by atomic mass is 16.5. The summed E-state index contributed by atoms with van der Waals surface area (Å²) in [5, 5.41) is 10.0. The van der Waals surface area contributed by atoms with E-state index in [1.807, 2.05) is 32.1 Å². The molecule has 0 aliphatic heterocycles. The molecule has 1 radical (unpaired) electrons. The average molecular weight is 276 g/mol. The van der Waals surface area contributed by atoms with Gasteiger partial charge in [-0.1, -0.05) is 12.2 Å². The zero-order valence-corrected chi connectivity index (χ0v) is 12.6. The van der Waals surface area contributed by atoms with Crippen LogP contribution >= 0.6 is 0 Å². The van der Waals surface area contributed by atoms with Crippen LogP contribution in [0.15, 0.2) is 33.9 Å². The van der Waals surface area contributed by atoms with E-state index < -0.39 is 11.2 Å². The number of allylic oxidation sites excluding steroid dienone is 3. The molecule has 0 spiro atoms. The molecule has 0 fully saturated rings. The van der Waals surface area contributed by atoms with Crippen LogP contribution in [0.1, 0.15) is 34.1 Å². The van der Waals surface area contributed by atoms with Crippen LogP contribution in [0.5, 0.6) is 0 Å². The summed E-state index contributed by atoms with van der Waals surface area (Å²) in [6, 6.07) is 0. The van der Waals surface area contributed by atoms with Crippen LogP contribution in [0.25, 0.3) is 0 Å². The van der Waals surface area contributed by atoms with Gasteiger partial charge in [0.05, 0.1) is 23.2 Å². The average Bonchev–Trinajstić information content (AvgIpc) is 2.37. The summed E-state index contributed by atoms with van der Waals surface area (Å²) >= 11 is 0. The summed E-state index contributed by atoms with van der Waals surface area (Å²) in [6.45, 7) is 7.21. The van der Waals surface area contributed by atoms with Gasteiger partial charge in [0.25, 0.3) is 0 Å². The number of hydrogen-bond acceptors (Lipinski definition) is 3. The van der Waals surface area contributed by atoms with Crippen LogP contribution in [-0.2, 0) is 4.65 Å². The van der Waals surface area contributed by atoms with Gasteiger partial charge >= 0.3 is 7.48 Å². The molecule has 0 saturated carbocycles. The molecule has 1 atom stereocenters. The van der Waals surface area contributed by atoms with Crippen molar-refractivity contribution in [2.45, 2.75) is 51.1 Å². The first-order valence-corrected chi connectivity index (χ1v) is 6.64. The number of hydrogen-bond donors (Lipinski definition) is 2. The van der Waals surface area contributed by atoms with Crippen molar-refractivity contribution in [1.29, 1.82) is 0 Å². The number of rotatable bonds is 6. The van der Waals surface area contributed by atoms with Gasteiger partial charge in [0, 0.05) is 0 Å². The normalized spacial score (nSPS) is 20.6. The van der Waals surface area contributed by atoms with Crippen molar-refractivity contribution < 1.29 is 9.76 Å². The largest absolute Gasteiger partial charge is 0.432 e. The van der Waals surface area contributed by atoms with E-state index in [4.69, 9.17) is 10.4 Å².